The number of benzene rings is 2. The van der Waals surface area contributed by atoms with Gasteiger partial charge in [0.15, 0.2) is 0 Å². The molecule has 2 rings (SSSR count). The molecule has 2 aromatic carbocycles. The first-order chi connectivity index (χ1) is 14.4. The molecule has 0 spiro atoms. The van der Waals surface area contributed by atoms with E-state index in [9.17, 15) is 9.90 Å². The van der Waals surface area contributed by atoms with Crippen LogP contribution in [0.5, 0.6) is 0 Å². The second kappa shape index (κ2) is 13.0. The second-order valence-electron chi connectivity index (χ2n) is 7.73. The average molecular weight is 415 g/mol. The van der Waals surface area contributed by atoms with Crippen LogP contribution in [0, 0.1) is 0 Å². The van der Waals surface area contributed by atoms with Crippen molar-refractivity contribution in [3.05, 3.63) is 65.7 Å². The van der Waals surface area contributed by atoms with Crippen LogP contribution in [0.25, 0.3) is 0 Å². The van der Waals surface area contributed by atoms with Crippen molar-refractivity contribution in [1.82, 2.24) is 5.32 Å². The molecule has 164 valence electrons. The van der Waals surface area contributed by atoms with Crippen molar-refractivity contribution in [3.63, 3.8) is 0 Å². The number of ether oxygens (including phenoxy) is 2. The summed E-state index contributed by atoms with van der Waals surface area (Å²) < 4.78 is 11.3. The molecule has 0 saturated carbocycles. The molecule has 30 heavy (non-hydrogen) atoms. The molecule has 6 heteroatoms. The van der Waals surface area contributed by atoms with E-state index in [1.165, 1.54) is 0 Å². The molecule has 0 aliphatic rings. The molecule has 0 radical (unpaired) electrons. The highest BCUT2D eigenvalue weighted by molar-refractivity contribution is 5.76. The minimum atomic E-state index is -0.505. The summed E-state index contributed by atoms with van der Waals surface area (Å²) >= 11 is 0. The van der Waals surface area contributed by atoms with Gasteiger partial charge >= 0.3 is 0 Å². The molecular formula is C24H34N2O4. The Hall–Kier alpha value is -2.41. The van der Waals surface area contributed by atoms with Gasteiger partial charge in [-0.2, -0.15) is 0 Å². The normalized spacial score (nSPS) is 14.1. The van der Waals surface area contributed by atoms with Gasteiger partial charge in [0.2, 0.25) is 5.91 Å². The van der Waals surface area contributed by atoms with Crippen molar-refractivity contribution in [2.75, 3.05) is 25.6 Å². The third-order valence-corrected chi connectivity index (χ3v) is 4.60. The lowest BCUT2D eigenvalue weighted by Crippen LogP contribution is -2.40. The molecule has 0 heterocycles. The lowest BCUT2D eigenvalue weighted by Gasteiger charge is -2.21. The summed E-state index contributed by atoms with van der Waals surface area (Å²) in [5, 5.41) is 12.4. The summed E-state index contributed by atoms with van der Waals surface area (Å²) in [6, 6.07) is 17.5. The fourth-order valence-electron chi connectivity index (χ4n) is 3.02. The van der Waals surface area contributed by atoms with Gasteiger partial charge in [-0.3, -0.25) is 4.79 Å². The Labute approximate surface area is 179 Å². The average Bonchev–Trinajstić information content (AvgIpc) is 2.73. The molecule has 0 aliphatic heterocycles. The molecule has 4 N–H and O–H groups in total. The topological polar surface area (TPSA) is 93.8 Å². The zero-order valence-corrected chi connectivity index (χ0v) is 17.9. The number of carbonyl (C=O) groups excluding carboxylic acids is 1. The van der Waals surface area contributed by atoms with Crippen molar-refractivity contribution in [2.45, 2.75) is 51.4 Å². The number of nitrogens with two attached hydrogens (primary N) is 1. The van der Waals surface area contributed by atoms with Gasteiger partial charge < -0.3 is 25.6 Å². The van der Waals surface area contributed by atoms with Crippen LogP contribution >= 0.6 is 0 Å². The minimum Gasteiger partial charge on any atom is -0.399 e. The van der Waals surface area contributed by atoms with E-state index in [1.54, 1.807) is 6.92 Å². The maximum Gasteiger partial charge on any atom is 0.220 e. The standard InChI is InChI=1S/C24H34N2O4/c1-18(27)15-30-19(2)16-29-17-23(14-21-8-11-22(25)12-9-21)26-24(28)13-10-20-6-4-3-5-7-20/h3-9,11-12,18-19,23,27H,10,13-17,25H2,1-2H3,(H,26,28). The molecule has 3 atom stereocenters. The number of aryl methyl sites for hydroxylation is 1. The first kappa shape index (κ1) is 23.9. The van der Waals surface area contributed by atoms with E-state index in [0.717, 1.165) is 11.1 Å². The van der Waals surface area contributed by atoms with Gasteiger partial charge in [-0.1, -0.05) is 42.5 Å². The van der Waals surface area contributed by atoms with E-state index in [4.69, 9.17) is 15.2 Å². The van der Waals surface area contributed by atoms with Gasteiger partial charge in [-0.05, 0) is 49.9 Å². The van der Waals surface area contributed by atoms with Crippen LogP contribution in [0.15, 0.2) is 54.6 Å². The summed E-state index contributed by atoms with van der Waals surface area (Å²) in [6.07, 6.45) is 1.14. The largest absolute Gasteiger partial charge is 0.399 e. The molecule has 6 nitrogen and oxygen atoms in total. The molecule has 1 amide bonds. The second-order valence-corrected chi connectivity index (χ2v) is 7.73. The maximum absolute atomic E-state index is 12.5. The Balaban J connectivity index is 1.86. The summed E-state index contributed by atoms with van der Waals surface area (Å²) in [5.74, 6) is 0.00121. The van der Waals surface area contributed by atoms with Crippen LogP contribution in [-0.2, 0) is 27.1 Å². The quantitative estimate of drug-likeness (QED) is 0.438. The van der Waals surface area contributed by atoms with Crippen molar-refractivity contribution in [1.29, 1.82) is 0 Å². The van der Waals surface area contributed by atoms with Crippen molar-refractivity contribution >= 4 is 11.6 Å². The molecule has 0 fully saturated rings. The van der Waals surface area contributed by atoms with Crippen LogP contribution < -0.4 is 11.1 Å². The number of nitrogens with one attached hydrogen (secondary N) is 1. The fraction of sp³-hybridized carbons (Fsp3) is 0.458. The predicted molar refractivity (Wildman–Crippen MR) is 119 cm³/mol. The minimum absolute atomic E-state index is 0.00121. The third-order valence-electron chi connectivity index (χ3n) is 4.60. The highest BCUT2D eigenvalue weighted by Gasteiger charge is 2.15. The number of anilines is 1. The number of hydrogen-bond donors (Lipinski definition) is 3. The summed E-state index contributed by atoms with van der Waals surface area (Å²) in [4.78, 5) is 12.5. The van der Waals surface area contributed by atoms with E-state index in [1.807, 2.05) is 61.5 Å². The van der Waals surface area contributed by atoms with E-state index in [0.29, 0.717) is 38.2 Å². The van der Waals surface area contributed by atoms with Gasteiger partial charge in [0.05, 0.1) is 38.1 Å². The lowest BCUT2D eigenvalue weighted by atomic mass is 10.1. The zero-order valence-electron chi connectivity index (χ0n) is 17.9. The van der Waals surface area contributed by atoms with Crippen LogP contribution in [0.2, 0.25) is 0 Å². The van der Waals surface area contributed by atoms with E-state index >= 15 is 0 Å². The van der Waals surface area contributed by atoms with E-state index < -0.39 is 6.10 Å². The lowest BCUT2D eigenvalue weighted by molar-refractivity contribution is -0.122. The molecule has 0 aliphatic carbocycles. The first-order valence-electron chi connectivity index (χ1n) is 10.5. The Morgan fingerprint density at radius 1 is 1.00 bits per heavy atom. The predicted octanol–water partition coefficient (Wildman–Crippen LogP) is 2.73. The van der Waals surface area contributed by atoms with Crippen molar-refractivity contribution in [3.8, 4) is 0 Å². The van der Waals surface area contributed by atoms with Crippen molar-refractivity contribution in [2.24, 2.45) is 0 Å². The Morgan fingerprint density at radius 3 is 2.37 bits per heavy atom. The Bertz CT molecular complexity index is 735. The monoisotopic (exact) mass is 414 g/mol. The van der Waals surface area contributed by atoms with Crippen LogP contribution in [0.4, 0.5) is 5.69 Å². The Kier molecular flexibility index (Phi) is 10.3. The number of aliphatic hydroxyl groups excluding tert-OH is 1. The fourth-order valence-corrected chi connectivity index (χ4v) is 3.02. The molecule has 3 unspecified atom stereocenters. The number of amides is 1. The summed E-state index contributed by atoms with van der Waals surface area (Å²) in [5.41, 5.74) is 8.71. The third kappa shape index (κ3) is 9.87. The highest BCUT2D eigenvalue weighted by Crippen LogP contribution is 2.09. The van der Waals surface area contributed by atoms with Crippen LogP contribution in [0.1, 0.15) is 31.4 Å². The number of nitrogen functional groups attached to an aromatic ring is 1. The smallest absolute Gasteiger partial charge is 0.220 e. The molecule has 0 saturated heterocycles. The summed E-state index contributed by atoms with van der Waals surface area (Å²) in [6.45, 7) is 4.63. The van der Waals surface area contributed by atoms with E-state index in [-0.39, 0.29) is 24.7 Å². The number of carbonyl (C=O) groups is 1. The molecular weight excluding hydrogens is 380 g/mol. The van der Waals surface area contributed by atoms with Crippen LogP contribution in [-0.4, -0.2) is 49.1 Å². The van der Waals surface area contributed by atoms with Gasteiger partial charge in [-0.15, -0.1) is 0 Å². The first-order valence-corrected chi connectivity index (χ1v) is 10.5. The highest BCUT2D eigenvalue weighted by atomic mass is 16.5. The van der Waals surface area contributed by atoms with E-state index in [2.05, 4.69) is 5.32 Å². The molecule has 0 bridgehead atoms. The van der Waals surface area contributed by atoms with Gasteiger partial charge in [0.25, 0.3) is 0 Å². The number of rotatable bonds is 13. The Morgan fingerprint density at radius 2 is 1.70 bits per heavy atom. The van der Waals surface area contributed by atoms with Crippen molar-refractivity contribution < 1.29 is 19.4 Å². The SMILES string of the molecule is CC(O)COC(C)COCC(Cc1ccc(N)cc1)NC(=O)CCc1ccccc1. The van der Waals surface area contributed by atoms with Gasteiger partial charge in [-0.25, -0.2) is 0 Å². The number of aliphatic hydroxyl groups is 1. The zero-order chi connectivity index (χ0) is 21.8. The number of hydrogen-bond acceptors (Lipinski definition) is 5. The van der Waals surface area contributed by atoms with Gasteiger partial charge in [0.1, 0.15) is 0 Å². The molecule has 0 aromatic heterocycles. The van der Waals surface area contributed by atoms with Gasteiger partial charge in [0, 0.05) is 12.1 Å². The summed E-state index contributed by atoms with van der Waals surface area (Å²) in [7, 11) is 0. The molecule has 2 aromatic rings. The maximum atomic E-state index is 12.5. The van der Waals surface area contributed by atoms with Crippen LogP contribution in [0.3, 0.4) is 0 Å².